The van der Waals surface area contributed by atoms with Crippen LogP contribution in [0.2, 0.25) is 5.02 Å². The average Bonchev–Trinajstić information content (AvgIpc) is 2.39. The van der Waals surface area contributed by atoms with Crippen molar-refractivity contribution in [3.8, 4) is 0 Å². The molecule has 0 fully saturated rings. The van der Waals surface area contributed by atoms with Gasteiger partial charge in [0.1, 0.15) is 0 Å². The number of ether oxygens (including phenoxy) is 1. The van der Waals surface area contributed by atoms with Gasteiger partial charge in [-0.05, 0) is 26.0 Å². The number of halogens is 1. The lowest BCUT2D eigenvalue weighted by Gasteiger charge is -2.13. The van der Waals surface area contributed by atoms with Crippen LogP contribution in [0.15, 0.2) is 24.3 Å². The Balaban J connectivity index is 2.60. The highest BCUT2D eigenvalue weighted by Gasteiger charge is 2.21. The van der Waals surface area contributed by atoms with Gasteiger partial charge in [0.2, 0.25) is 0 Å². The van der Waals surface area contributed by atoms with Crippen LogP contribution in [0.25, 0.3) is 0 Å². The first-order valence-electron chi connectivity index (χ1n) is 6.00. The summed E-state index contributed by atoms with van der Waals surface area (Å²) in [6.45, 7) is 3.46. The van der Waals surface area contributed by atoms with Crippen LogP contribution in [0.3, 0.4) is 0 Å². The Morgan fingerprint density at radius 3 is 2.55 bits per heavy atom. The monoisotopic (exact) mass is 298 g/mol. The van der Waals surface area contributed by atoms with Crippen molar-refractivity contribution in [2.24, 2.45) is 0 Å². The minimum Gasteiger partial charge on any atom is -0.449 e. The Morgan fingerprint density at radius 2 is 1.95 bits per heavy atom. The van der Waals surface area contributed by atoms with Crippen LogP contribution in [0.4, 0.5) is 4.79 Å². The number of carbonyl (C=O) groups excluding carboxylic acids is 3. The second kappa shape index (κ2) is 7.49. The van der Waals surface area contributed by atoms with E-state index in [-0.39, 0.29) is 10.6 Å². The Hall–Kier alpha value is -2.08. The summed E-state index contributed by atoms with van der Waals surface area (Å²) >= 11 is 5.84. The molecule has 1 unspecified atom stereocenters. The van der Waals surface area contributed by atoms with E-state index in [2.05, 4.69) is 10.6 Å². The zero-order valence-corrected chi connectivity index (χ0v) is 11.9. The predicted molar refractivity (Wildman–Crippen MR) is 73.5 cm³/mol. The topological polar surface area (TPSA) is 84.5 Å². The minimum atomic E-state index is -1.11. The predicted octanol–water partition coefficient (Wildman–Crippen LogP) is 1.73. The standard InChI is InChI=1S/C13H15ClN2O4/c1-3-15-13(19)16-11(17)8(2)20-12(18)9-6-4-5-7-10(9)14/h4-8H,3H2,1-2H3,(H2,15,16,17,19). The molecular weight excluding hydrogens is 284 g/mol. The SMILES string of the molecule is CCNC(=O)NC(=O)C(C)OC(=O)c1ccccc1Cl. The third kappa shape index (κ3) is 4.55. The summed E-state index contributed by atoms with van der Waals surface area (Å²) in [6, 6.07) is 5.68. The fourth-order valence-electron chi connectivity index (χ4n) is 1.32. The number of benzene rings is 1. The van der Waals surface area contributed by atoms with Crippen LogP contribution in [0.1, 0.15) is 24.2 Å². The minimum absolute atomic E-state index is 0.159. The molecule has 0 aliphatic heterocycles. The maximum absolute atomic E-state index is 11.8. The normalized spacial score (nSPS) is 11.3. The number of esters is 1. The molecule has 1 aromatic rings. The summed E-state index contributed by atoms with van der Waals surface area (Å²) in [6.07, 6.45) is -1.11. The van der Waals surface area contributed by atoms with Gasteiger partial charge in [0, 0.05) is 6.54 Å². The molecule has 1 rings (SSSR count). The molecule has 108 valence electrons. The Bertz CT molecular complexity index is 519. The number of imide groups is 1. The third-order valence-corrected chi connectivity index (χ3v) is 2.65. The van der Waals surface area contributed by atoms with E-state index in [0.29, 0.717) is 6.54 Å². The lowest BCUT2D eigenvalue weighted by molar-refractivity contribution is -0.127. The molecule has 0 saturated heterocycles. The van der Waals surface area contributed by atoms with Gasteiger partial charge in [-0.2, -0.15) is 0 Å². The fourth-order valence-corrected chi connectivity index (χ4v) is 1.54. The molecule has 0 aliphatic rings. The van der Waals surface area contributed by atoms with Gasteiger partial charge < -0.3 is 10.1 Å². The van der Waals surface area contributed by atoms with Gasteiger partial charge >= 0.3 is 12.0 Å². The molecule has 1 aromatic carbocycles. The van der Waals surface area contributed by atoms with Crippen molar-refractivity contribution >= 4 is 29.5 Å². The number of urea groups is 1. The quantitative estimate of drug-likeness (QED) is 0.829. The summed E-state index contributed by atoms with van der Waals surface area (Å²) in [4.78, 5) is 34.6. The first-order chi connectivity index (χ1) is 9.45. The van der Waals surface area contributed by atoms with Crippen molar-refractivity contribution in [2.45, 2.75) is 20.0 Å². The summed E-state index contributed by atoms with van der Waals surface area (Å²) in [5.74, 6) is -1.44. The highest BCUT2D eigenvalue weighted by atomic mass is 35.5. The first kappa shape index (κ1) is 16.0. The molecule has 0 heterocycles. The Labute approximate surface area is 121 Å². The third-order valence-electron chi connectivity index (χ3n) is 2.32. The summed E-state index contributed by atoms with van der Waals surface area (Å²) < 4.78 is 4.94. The molecule has 0 aromatic heterocycles. The van der Waals surface area contributed by atoms with Crippen molar-refractivity contribution in [1.82, 2.24) is 10.6 Å². The van der Waals surface area contributed by atoms with Crippen molar-refractivity contribution in [3.63, 3.8) is 0 Å². The molecule has 20 heavy (non-hydrogen) atoms. The number of carbonyl (C=O) groups is 3. The van der Waals surface area contributed by atoms with Crippen LogP contribution in [-0.4, -0.2) is 30.6 Å². The maximum Gasteiger partial charge on any atom is 0.340 e. The van der Waals surface area contributed by atoms with E-state index in [1.807, 2.05) is 0 Å². The zero-order valence-electron chi connectivity index (χ0n) is 11.1. The highest BCUT2D eigenvalue weighted by Crippen LogP contribution is 2.16. The second-order valence-electron chi connectivity index (χ2n) is 3.88. The summed E-state index contributed by atoms with van der Waals surface area (Å²) in [7, 11) is 0. The van der Waals surface area contributed by atoms with Gasteiger partial charge in [0.25, 0.3) is 5.91 Å². The van der Waals surface area contributed by atoms with E-state index in [9.17, 15) is 14.4 Å². The molecule has 6 nitrogen and oxygen atoms in total. The zero-order chi connectivity index (χ0) is 15.1. The van der Waals surface area contributed by atoms with Gasteiger partial charge in [0.15, 0.2) is 6.10 Å². The smallest absolute Gasteiger partial charge is 0.340 e. The molecule has 0 spiro atoms. The van der Waals surface area contributed by atoms with Gasteiger partial charge in [-0.15, -0.1) is 0 Å². The molecular formula is C13H15ClN2O4. The molecule has 0 aliphatic carbocycles. The molecule has 0 bridgehead atoms. The van der Waals surface area contributed by atoms with Gasteiger partial charge in [-0.1, -0.05) is 23.7 Å². The Morgan fingerprint density at radius 1 is 1.30 bits per heavy atom. The molecule has 0 saturated carbocycles. The van der Waals surface area contributed by atoms with E-state index >= 15 is 0 Å². The van der Waals surface area contributed by atoms with Crippen molar-refractivity contribution in [2.75, 3.05) is 6.54 Å². The first-order valence-corrected chi connectivity index (χ1v) is 6.37. The van der Waals surface area contributed by atoms with Crippen molar-refractivity contribution in [1.29, 1.82) is 0 Å². The molecule has 3 amide bonds. The molecule has 1 atom stereocenters. The van der Waals surface area contributed by atoms with Crippen molar-refractivity contribution in [3.05, 3.63) is 34.9 Å². The fraction of sp³-hybridized carbons (Fsp3) is 0.308. The summed E-state index contributed by atoms with van der Waals surface area (Å²) in [5.41, 5.74) is 0.159. The number of rotatable bonds is 4. The largest absolute Gasteiger partial charge is 0.449 e. The number of hydrogen-bond acceptors (Lipinski definition) is 4. The van der Waals surface area contributed by atoms with E-state index in [1.54, 1.807) is 19.1 Å². The van der Waals surface area contributed by atoms with Gasteiger partial charge in [-0.3, -0.25) is 10.1 Å². The van der Waals surface area contributed by atoms with Crippen molar-refractivity contribution < 1.29 is 19.1 Å². The highest BCUT2D eigenvalue weighted by molar-refractivity contribution is 6.33. The van der Waals surface area contributed by atoms with Gasteiger partial charge in [-0.25, -0.2) is 9.59 Å². The van der Waals surface area contributed by atoms with Crippen LogP contribution >= 0.6 is 11.6 Å². The van der Waals surface area contributed by atoms with E-state index < -0.39 is 24.0 Å². The Kier molecular flexibility index (Phi) is 5.99. The van der Waals surface area contributed by atoms with Crippen LogP contribution < -0.4 is 10.6 Å². The van der Waals surface area contributed by atoms with Crippen LogP contribution in [0.5, 0.6) is 0 Å². The average molecular weight is 299 g/mol. The van der Waals surface area contributed by atoms with E-state index in [1.165, 1.54) is 19.1 Å². The number of hydrogen-bond donors (Lipinski definition) is 2. The van der Waals surface area contributed by atoms with Gasteiger partial charge in [0.05, 0.1) is 10.6 Å². The van der Waals surface area contributed by atoms with Crippen LogP contribution in [0, 0.1) is 0 Å². The molecule has 2 N–H and O–H groups in total. The summed E-state index contributed by atoms with van der Waals surface area (Å²) in [5, 5.41) is 4.68. The lowest BCUT2D eigenvalue weighted by Crippen LogP contribution is -2.44. The van der Waals surface area contributed by atoms with Crippen LogP contribution in [-0.2, 0) is 9.53 Å². The number of amides is 3. The van der Waals surface area contributed by atoms with E-state index in [0.717, 1.165) is 0 Å². The second-order valence-corrected chi connectivity index (χ2v) is 4.28. The lowest BCUT2D eigenvalue weighted by atomic mass is 10.2. The number of nitrogens with one attached hydrogen (secondary N) is 2. The van der Waals surface area contributed by atoms with E-state index in [4.69, 9.17) is 16.3 Å². The maximum atomic E-state index is 11.8. The molecule has 0 radical (unpaired) electrons. The molecule has 7 heteroatoms.